The van der Waals surface area contributed by atoms with Gasteiger partial charge in [-0.25, -0.2) is 0 Å². The third kappa shape index (κ3) is 3.77. The molecule has 1 aliphatic carbocycles. The van der Waals surface area contributed by atoms with Crippen molar-refractivity contribution in [2.24, 2.45) is 5.92 Å². The highest BCUT2D eigenvalue weighted by Gasteiger charge is 2.37. The first-order valence-corrected chi connectivity index (χ1v) is 11.7. The summed E-state index contributed by atoms with van der Waals surface area (Å²) in [5.74, 6) is 0.333. The molecule has 0 bridgehead atoms. The fraction of sp³-hybridized carbons (Fsp3) is 0.462. The lowest BCUT2D eigenvalue weighted by Crippen LogP contribution is -2.53. The van der Waals surface area contributed by atoms with Crippen molar-refractivity contribution in [3.05, 3.63) is 42.5 Å². The summed E-state index contributed by atoms with van der Waals surface area (Å²) in [7, 11) is 0. The molecule has 5 rings (SSSR count). The lowest BCUT2D eigenvalue weighted by molar-refractivity contribution is -0.125. The molecule has 3 aliphatic rings. The number of carbonyl (C=O) groups is 2. The lowest BCUT2D eigenvalue weighted by atomic mass is 9.84. The van der Waals surface area contributed by atoms with Gasteiger partial charge >= 0.3 is 0 Å². The van der Waals surface area contributed by atoms with E-state index in [4.69, 9.17) is 4.74 Å². The van der Waals surface area contributed by atoms with Crippen LogP contribution in [0.2, 0.25) is 0 Å². The number of hydrogen-bond acceptors (Lipinski definition) is 4. The number of hydrogen-bond donors (Lipinski definition) is 0. The Labute approximate surface area is 189 Å². The van der Waals surface area contributed by atoms with Crippen LogP contribution in [0.4, 0.5) is 17.1 Å². The van der Waals surface area contributed by atoms with E-state index in [1.54, 1.807) is 6.92 Å². The molecule has 2 aromatic carbocycles. The van der Waals surface area contributed by atoms with Gasteiger partial charge in [0, 0.05) is 38.2 Å². The van der Waals surface area contributed by atoms with E-state index >= 15 is 0 Å². The van der Waals surface area contributed by atoms with Gasteiger partial charge in [0.05, 0.1) is 30.6 Å². The van der Waals surface area contributed by atoms with E-state index in [2.05, 4.69) is 41.3 Å². The molecule has 0 aromatic heterocycles. The second-order valence-corrected chi connectivity index (χ2v) is 9.16. The fourth-order valence-electron chi connectivity index (χ4n) is 5.06. The number of nitrogens with zero attached hydrogens (tertiary/aromatic N) is 3. The van der Waals surface area contributed by atoms with Gasteiger partial charge in [-0.1, -0.05) is 24.6 Å². The highest BCUT2D eigenvalue weighted by molar-refractivity contribution is 6.05. The van der Waals surface area contributed by atoms with Crippen LogP contribution in [0.1, 0.15) is 33.1 Å². The Hall–Kier alpha value is -2.86. The quantitative estimate of drug-likeness (QED) is 0.732. The zero-order valence-corrected chi connectivity index (χ0v) is 18.9. The average Bonchev–Trinajstić information content (AvgIpc) is 2.77. The first-order valence-electron chi connectivity index (χ1n) is 11.7. The number of fused-ring (bicyclic) bond motifs is 1. The Kier molecular flexibility index (Phi) is 5.64. The molecule has 2 amide bonds. The molecule has 2 fully saturated rings. The Morgan fingerprint density at radius 3 is 2.25 bits per heavy atom. The predicted octanol–water partition coefficient (Wildman–Crippen LogP) is 4.08. The number of amides is 2. The van der Waals surface area contributed by atoms with E-state index in [9.17, 15) is 9.59 Å². The van der Waals surface area contributed by atoms with Crippen molar-refractivity contribution >= 4 is 28.9 Å². The smallest absolute Gasteiger partial charge is 0.230 e. The van der Waals surface area contributed by atoms with Gasteiger partial charge in [0.15, 0.2) is 0 Å². The van der Waals surface area contributed by atoms with Crippen LogP contribution in [-0.2, 0) is 14.3 Å². The maximum atomic E-state index is 13.2. The van der Waals surface area contributed by atoms with Crippen molar-refractivity contribution in [2.45, 2.75) is 39.2 Å². The maximum Gasteiger partial charge on any atom is 0.230 e. The van der Waals surface area contributed by atoms with E-state index in [0.29, 0.717) is 6.54 Å². The van der Waals surface area contributed by atoms with Gasteiger partial charge in [-0.05, 0) is 55.2 Å². The van der Waals surface area contributed by atoms with Crippen LogP contribution in [0.15, 0.2) is 42.5 Å². The minimum atomic E-state index is -0.0392. The van der Waals surface area contributed by atoms with E-state index in [-0.39, 0.29) is 23.8 Å². The molecule has 6 heteroatoms. The zero-order valence-electron chi connectivity index (χ0n) is 18.9. The Bertz CT molecular complexity index is 1010. The standard InChI is InChI=1S/C26H31N3O3/c1-18-17-28(26(31)21-4-3-5-21)25-16-22(8-11-24(25)29(18)19(2)30)20-6-9-23(10-7-20)27-12-14-32-15-13-27/h6-11,16,18,21H,3-5,12-15,17H2,1-2H3/t18-/m0/s1. The molecule has 0 N–H and O–H groups in total. The highest BCUT2D eigenvalue weighted by Crippen LogP contribution is 2.41. The number of morpholine rings is 1. The molecule has 2 aromatic rings. The summed E-state index contributed by atoms with van der Waals surface area (Å²) < 4.78 is 5.46. The van der Waals surface area contributed by atoms with Crippen LogP contribution in [-0.4, -0.2) is 50.7 Å². The largest absolute Gasteiger partial charge is 0.378 e. The predicted molar refractivity (Wildman–Crippen MR) is 127 cm³/mol. The second kappa shape index (κ2) is 8.58. The molecule has 0 unspecified atom stereocenters. The van der Waals surface area contributed by atoms with Gasteiger partial charge in [0.1, 0.15) is 0 Å². The monoisotopic (exact) mass is 433 g/mol. The molecule has 6 nitrogen and oxygen atoms in total. The van der Waals surface area contributed by atoms with Crippen molar-refractivity contribution in [2.75, 3.05) is 47.5 Å². The third-order valence-corrected chi connectivity index (χ3v) is 7.05. The van der Waals surface area contributed by atoms with E-state index < -0.39 is 0 Å². The van der Waals surface area contributed by atoms with Crippen LogP contribution in [0.3, 0.4) is 0 Å². The van der Waals surface area contributed by atoms with Crippen molar-refractivity contribution in [3.63, 3.8) is 0 Å². The second-order valence-electron chi connectivity index (χ2n) is 9.16. The summed E-state index contributed by atoms with van der Waals surface area (Å²) in [6.07, 6.45) is 3.07. The molecule has 1 saturated carbocycles. The highest BCUT2D eigenvalue weighted by atomic mass is 16.5. The average molecular weight is 434 g/mol. The molecular weight excluding hydrogens is 402 g/mol. The number of anilines is 3. The van der Waals surface area contributed by atoms with E-state index in [0.717, 1.165) is 68.1 Å². The summed E-state index contributed by atoms with van der Waals surface area (Å²) in [5, 5.41) is 0. The first-order chi connectivity index (χ1) is 15.5. The van der Waals surface area contributed by atoms with Crippen molar-refractivity contribution < 1.29 is 14.3 Å². The SMILES string of the molecule is CC(=O)N1c2ccc(-c3ccc(N4CCOCC4)cc3)cc2N(C(=O)C2CCC2)C[C@@H]1C. The van der Waals surface area contributed by atoms with Gasteiger partial charge in [-0.3, -0.25) is 9.59 Å². The molecule has 1 atom stereocenters. The first kappa shape index (κ1) is 21.0. The summed E-state index contributed by atoms with van der Waals surface area (Å²) in [4.78, 5) is 31.7. The molecule has 168 valence electrons. The van der Waals surface area contributed by atoms with E-state index in [1.165, 1.54) is 5.69 Å². The minimum absolute atomic E-state index is 0.0112. The van der Waals surface area contributed by atoms with Crippen LogP contribution in [0, 0.1) is 5.92 Å². The normalized spacial score (nSPS) is 21.2. The molecular formula is C26H31N3O3. The summed E-state index contributed by atoms with van der Waals surface area (Å²) >= 11 is 0. The summed E-state index contributed by atoms with van der Waals surface area (Å²) in [5.41, 5.74) is 5.05. The van der Waals surface area contributed by atoms with Crippen molar-refractivity contribution in [1.29, 1.82) is 0 Å². The minimum Gasteiger partial charge on any atom is -0.378 e. The van der Waals surface area contributed by atoms with Gasteiger partial charge in [-0.2, -0.15) is 0 Å². The molecule has 1 saturated heterocycles. The number of benzene rings is 2. The Morgan fingerprint density at radius 1 is 0.938 bits per heavy atom. The third-order valence-electron chi connectivity index (χ3n) is 7.05. The van der Waals surface area contributed by atoms with Crippen LogP contribution >= 0.6 is 0 Å². The van der Waals surface area contributed by atoms with Crippen LogP contribution in [0.25, 0.3) is 11.1 Å². The van der Waals surface area contributed by atoms with Crippen LogP contribution < -0.4 is 14.7 Å². The number of ether oxygens (including phenoxy) is 1. The molecule has 2 heterocycles. The molecule has 0 spiro atoms. The van der Waals surface area contributed by atoms with Gasteiger partial charge in [0.25, 0.3) is 0 Å². The Morgan fingerprint density at radius 2 is 1.62 bits per heavy atom. The summed E-state index contributed by atoms with van der Waals surface area (Å²) in [6.45, 7) is 7.52. The number of carbonyl (C=O) groups excluding carboxylic acids is 2. The molecule has 0 radical (unpaired) electrons. The number of rotatable bonds is 3. The topological polar surface area (TPSA) is 53.1 Å². The van der Waals surface area contributed by atoms with Gasteiger partial charge in [-0.15, -0.1) is 0 Å². The van der Waals surface area contributed by atoms with Gasteiger partial charge < -0.3 is 19.4 Å². The zero-order chi connectivity index (χ0) is 22.2. The van der Waals surface area contributed by atoms with Gasteiger partial charge in [0.2, 0.25) is 11.8 Å². The Balaban J connectivity index is 1.48. The van der Waals surface area contributed by atoms with Crippen molar-refractivity contribution in [1.82, 2.24) is 0 Å². The molecule has 32 heavy (non-hydrogen) atoms. The molecule has 2 aliphatic heterocycles. The maximum absolute atomic E-state index is 13.2. The lowest BCUT2D eigenvalue weighted by Gasteiger charge is -2.43. The summed E-state index contributed by atoms with van der Waals surface area (Å²) in [6, 6.07) is 14.7. The van der Waals surface area contributed by atoms with E-state index in [1.807, 2.05) is 22.8 Å². The van der Waals surface area contributed by atoms with Crippen LogP contribution in [0.5, 0.6) is 0 Å². The fourth-order valence-corrected chi connectivity index (χ4v) is 5.06. The van der Waals surface area contributed by atoms with Crippen molar-refractivity contribution in [3.8, 4) is 11.1 Å².